The standard InChI is InChI=1S/C12H16F5NO3Si/c1-6(2)21-22(19-3,20-4)5-18-12-10(16)8(14)7(13)9(15)11(12)17/h6,18H,5H2,1-4H3. The number of benzene rings is 1. The van der Waals surface area contributed by atoms with Crippen molar-refractivity contribution in [2.24, 2.45) is 0 Å². The summed E-state index contributed by atoms with van der Waals surface area (Å²) in [5.74, 6) is -10.2. The lowest BCUT2D eigenvalue weighted by atomic mass is 10.2. The van der Waals surface area contributed by atoms with Crippen LogP contribution in [-0.2, 0) is 13.3 Å². The summed E-state index contributed by atoms with van der Waals surface area (Å²) in [6.45, 7) is 3.36. The van der Waals surface area contributed by atoms with Crippen molar-refractivity contribution < 1.29 is 35.2 Å². The summed E-state index contributed by atoms with van der Waals surface area (Å²) in [5, 5.41) is 2.13. The summed E-state index contributed by atoms with van der Waals surface area (Å²) in [4.78, 5) is 0. The predicted octanol–water partition coefficient (Wildman–Crippen LogP) is 2.99. The van der Waals surface area contributed by atoms with Crippen LogP contribution in [0.15, 0.2) is 0 Å². The van der Waals surface area contributed by atoms with E-state index in [4.69, 9.17) is 13.3 Å². The maximum Gasteiger partial charge on any atom is 0.520 e. The van der Waals surface area contributed by atoms with Gasteiger partial charge in [0.25, 0.3) is 0 Å². The van der Waals surface area contributed by atoms with E-state index in [1.807, 2.05) is 0 Å². The number of hydrogen-bond donors (Lipinski definition) is 1. The highest BCUT2D eigenvalue weighted by molar-refractivity contribution is 6.61. The number of nitrogens with one attached hydrogen (secondary N) is 1. The lowest BCUT2D eigenvalue weighted by Gasteiger charge is -2.29. The third kappa shape index (κ3) is 3.75. The molecule has 0 aliphatic carbocycles. The maximum atomic E-state index is 13.6. The molecular formula is C12H16F5NO3Si. The van der Waals surface area contributed by atoms with Gasteiger partial charge in [0.1, 0.15) is 5.69 Å². The van der Waals surface area contributed by atoms with Gasteiger partial charge in [0.15, 0.2) is 23.3 Å². The van der Waals surface area contributed by atoms with Crippen LogP contribution in [0.1, 0.15) is 13.8 Å². The van der Waals surface area contributed by atoms with E-state index in [1.54, 1.807) is 13.8 Å². The first kappa shape index (κ1) is 18.8. The van der Waals surface area contributed by atoms with Crippen molar-refractivity contribution >= 4 is 14.5 Å². The predicted molar refractivity (Wildman–Crippen MR) is 70.7 cm³/mol. The highest BCUT2D eigenvalue weighted by atomic mass is 28.4. The zero-order valence-electron chi connectivity index (χ0n) is 12.4. The van der Waals surface area contributed by atoms with Crippen LogP contribution in [0, 0.1) is 29.1 Å². The Bertz CT molecular complexity index is 511. The zero-order valence-corrected chi connectivity index (χ0v) is 13.4. The lowest BCUT2D eigenvalue weighted by molar-refractivity contribution is 0.0725. The van der Waals surface area contributed by atoms with Gasteiger partial charge in [0.05, 0.1) is 6.17 Å². The molecule has 0 bridgehead atoms. The van der Waals surface area contributed by atoms with Gasteiger partial charge in [-0.3, -0.25) is 0 Å². The van der Waals surface area contributed by atoms with Gasteiger partial charge in [-0.1, -0.05) is 0 Å². The third-order valence-electron chi connectivity index (χ3n) is 2.73. The molecule has 0 fully saturated rings. The van der Waals surface area contributed by atoms with Gasteiger partial charge >= 0.3 is 8.80 Å². The molecule has 0 unspecified atom stereocenters. The topological polar surface area (TPSA) is 39.7 Å². The van der Waals surface area contributed by atoms with Crippen molar-refractivity contribution in [1.29, 1.82) is 0 Å². The van der Waals surface area contributed by atoms with Crippen molar-refractivity contribution in [2.75, 3.05) is 25.7 Å². The quantitative estimate of drug-likeness (QED) is 0.357. The number of halogens is 5. The van der Waals surface area contributed by atoms with E-state index >= 15 is 0 Å². The molecule has 126 valence electrons. The fourth-order valence-electron chi connectivity index (χ4n) is 1.68. The van der Waals surface area contributed by atoms with Crippen LogP contribution in [-0.4, -0.2) is 35.3 Å². The number of anilines is 1. The van der Waals surface area contributed by atoms with Crippen LogP contribution in [0.5, 0.6) is 0 Å². The van der Waals surface area contributed by atoms with Crippen molar-refractivity contribution in [3.05, 3.63) is 29.1 Å². The molecule has 0 aliphatic heterocycles. The van der Waals surface area contributed by atoms with Gasteiger partial charge < -0.3 is 18.6 Å². The summed E-state index contributed by atoms with van der Waals surface area (Å²) in [6, 6.07) is 0. The Morgan fingerprint density at radius 1 is 0.864 bits per heavy atom. The van der Waals surface area contributed by atoms with Gasteiger partial charge in [-0.25, -0.2) is 22.0 Å². The van der Waals surface area contributed by atoms with Crippen LogP contribution in [0.2, 0.25) is 0 Å². The maximum absolute atomic E-state index is 13.6. The summed E-state index contributed by atoms with van der Waals surface area (Å²) in [5.41, 5.74) is -1.16. The monoisotopic (exact) mass is 345 g/mol. The molecule has 1 N–H and O–H groups in total. The van der Waals surface area contributed by atoms with Gasteiger partial charge in [-0.05, 0) is 13.8 Å². The third-order valence-corrected chi connectivity index (χ3v) is 5.41. The van der Waals surface area contributed by atoms with Crippen LogP contribution in [0.3, 0.4) is 0 Å². The fraction of sp³-hybridized carbons (Fsp3) is 0.500. The Hall–Kier alpha value is -1.23. The molecule has 1 rings (SSSR count). The highest BCUT2D eigenvalue weighted by Gasteiger charge is 2.41. The molecule has 0 saturated heterocycles. The molecule has 0 spiro atoms. The normalized spacial score (nSPS) is 12.1. The SMILES string of the molecule is CO[Si](CNc1c(F)c(F)c(F)c(F)c1F)(OC)OC(C)C. The second kappa shape index (κ2) is 7.35. The summed E-state index contributed by atoms with van der Waals surface area (Å²) >= 11 is 0. The van der Waals surface area contributed by atoms with E-state index in [9.17, 15) is 22.0 Å². The Morgan fingerprint density at radius 2 is 1.27 bits per heavy atom. The number of rotatable bonds is 7. The average Bonchev–Trinajstić information content (AvgIpc) is 2.49. The molecule has 10 heteroatoms. The van der Waals surface area contributed by atoms with Crippen molar-refractivity contribution in [3.8, 4) is 0 Å². The summed E-state index contributed by atoms with van der Waals surface area (Å²) < 4.78 is 82.0. The minimum atomic E-state index is -3.37. The molecule has 4 nitrogen and oxygen atoms in total. The molecule has 0 radical (unpaired) electrons. The minimum Gasteiger partial charge on any atom is -0.376 e. The van der Waals surface area contributed by atoms with E-state index < -0.39 is 43.6 Å². The first-order valence-corrected chi connectivity index (χ1v) is 8.15. The Morgan fingerprint density at radius 3 is 1.64 bits per heavy atom. The molecule has 0 amide bonds. The molecule has 1 aromatic carbocycles. The van der Waals surface area contributed by atoms with E-state index in [1.165, 1.54) is 14.2 Å². The first-order valence-electron chi connectivity index (χ1n) is 6.22. The largest absolute Gasteiger partial charge is 0.520 e. The second-order valence-electron chi connectivity index (χ2n) is 4.56. The van der Waals surface area contributed by atoms with Crippen molar-refractivity contribution in [3.63, 3.8) is 0 Å². The van der Waals surface area contributed by atoms with E-state index in [-0.39, 0.29) is 12.3 Å². The highest BCUT2D eigenvalue weighted by Crippen LogP contribution is 2.27. The Kier molecular flexibility index (Phi) is 6.29. The first-order chi connectivity index (χ1) is 10.2. The molecule has 0 aliphatic rings. The molecule has 0 aromatic heterocycles. The Labute approximate surface area is 125 Å². The average molecular weight is 345 g/mol. The number of hydrogen-bond acceptors (Lipinski definition) is 4. The van der Waals surface area contributed by atoms with Gasteiger partial charge in [-0.2, -0.15) is 0 Å². The fourth-order valence-corrected chi connectivity index (χ4v) is 3.52. The second-order valence-corrected chi connectivity index (χ2v) is 7.33. The van der Waals surface area contributed by atoms with Crippen LogP contribution >= 0.6 is 0 Å². The molecule has 0 atom stereocenters. The van der Waals surface area contributed by atoms with E-state index in [0.29, 0.717) is 0 Å². The van der Waals surface area contributed by atoms with Crippen molar-refractivity contribution in [1.82, 2.24) is 0 Å². The van der Waals surface area contributed by atoms with Crippen molar-refractivity contribution in [2.45, 2.75) is 20.0 Å². The molecule has 1 aromatic rings. The lowest BCUT2D eigenvalue weighted by Crippen LogP contribution is -2.52. The smallest absolute Gasteiger partial charge is 0.376 e. The van der Waals surface area contributed by atoms with Crippen LogP contribution < -0.4 is 5.32 Å². The summed E-state index contributed by atoms with van der Waals surface area (Å²) in [7, 11) is -0.842. The van der Waals surface area contributed by atoms with Gasteiger partial charge in [-0.15, -0.1) is 0 Å². The van der Waals surface area contributed by atoms with Gasteiger partial charge in [0, 0.05) is 20.3 Å². The minimum absolute atomic E-state index is 0.329. The molecule has 22 heavy (non-hydrogen) atoms. The molecular weight excluding hydrogens is 329 g/mol. The van der Waals surface area contributed by atoms with E-state index in [0.717, 1.165) is 0 Å². The van der Waals surface area contributed by atoms with Gasteiger partial charge in [0.2, 0.25) is 5.82 Å². The molecule has 0 saturated carbocycles. The Balaban J connectivity index is 3.10. The summed E-state index contributed by atoms with van der Waals surface area (Å²) in [6.07, 6.45) is -0.707. The van der Waals surface area contributed by atoms with Crippen LogP contribution in [0.25, 0.3) is 0 Å². The zero-order chi connectivity index (χ0) is 17.1. The molecule has 0 heterocycles. The van der Waals surface area contributed by atoms with E-state index in [2.05, 4.69) is 5.32 Å². The van der Waals surface area contributed by atoms with Crippen LogP contribution in [0.4, 0.5) is 27.6 Å².